The molecule has 1 unspecified atom stereocenters. The smallest absolute Gasteiger partial charge is 0.339 e. The number of carbonyl (C=O) groups excluding carboxylic acids is 1. The van der Waals surface area contributed by atoms with E-state index in [0.717, 1.165) is 35.2 Å². The Bertz CT molecular complexity index is 1380. The minimum Gasteiger partial charge on any atom is -0.476 e. The van der Waals surface area contributed by atoms with Crippen molar-refractivity contribution in [2.45, 2.75) is 38.3 Å². The van der Waals surface area contributed by atoms with E-state index in [1.807, 2.05) is 18.2 Å². The molecule has 3 aromatic rings. The molecule has 0 amide bonds. The number of aryl methyl sites for hydroxylation is 2. The maximum Gasteiger partial charge on any atom is 0.339 e. The fourth-order valence-corrected chi connectivity index (χ4v) is 5.21. The first-order valence-corrected chi connectivity index (χ1v) is 13.3. The second-order valence-corrected chi connectivity index (χ2v) is 11.2. The number of aromatic nitrogens is 3. The number of nitrogens with one attached hydrogen (secondary N) is 1. The summed E-state index contributed by atoms with van der Waals surface area (Å²) in [6.45, 7) is 6.41. The summed E-state index contributed by atoms with van der Waals surface area (Å²) in [6.07, 6.45) is 5.09. The Kier molecular flexibility index (Phi) is 8.17. The van der Waals surface area contributed by atoms with E-state index in [9.17, 15) is 9.59 Å². The first kappa shape index (κ1) is 27.7. The van der Waals surface area contributed by atoms with E-state index in [4.69, 9.17) is 15.2 Å². The molecule has 1 aliphatic heterocycles. The maximum atomic E-state index is 12.9. The van der Waals surface area contributed by atoms with E-state index in [-0.39, 0.29) is 22.7 Å². The number of pyridine rings is 1. The van der Waals surface area contributed by atoms with Crippen molar-refractivity contribution in [1.29, 1.82) is 0 Å². The number of nitrogens with zero attached hydrogens (tertiary/aromatic N) is 4. The molecule has 0 saturated carbocycles. The van der Waals surface area contributed by atoms with Gasteiger partial charge in [-0.3, -0.25) is 9.69 Å². The minimum absolute atomic E-state index is 0.00440. The molecule has 0 bridgehead atoms. The number of hydrogen-bond acceptors (Lipinski definition) is 8. The lowest BCUT2D eigenvalue weighted by Crippen LogP contribution is -2.54. The highest BCUT2D eigenvalue weighted by atomic mass is 79.9. The van der Waals surface area contributed by atoms with Crippen molar-refractivity contribution in [3.05, 3.63) is 57.0 Å². The lowest BCUT2D eigenvalue weighted by Gasteiger charge is -2.46. The molecular weight excluding hydrogens is 552 g/mol. The number of benzene rings is 1. The highest BCUT2D eigenvalue weighted by Crippen LogP contribution is 2.32. The minimum atomic E-state index is -0.520. The summed E-state index contributed by atoms with van der Waals surface area (Å²) < 4.78 is 15.0. The van der Waals surface area contributed by atoms with Crippen LogP contribution in [0.4, 0.5) is 11.4 Å². The van der Waals surface area contributed by atoms with Crippen LogP contribution in [0.3, 0.4) is 0 Å². The molecule has 2 aromatic heterocycles. The molecular formula is C27H35BrN6O4. The third-order valence-corrected chi connectivity index (χ3v) is 7.65. The van der Waals surface area contributed by atoms with Crippen molar-refractivity contribution >= 4 is 33.3 Å². The largest absolute Gasteiger partial charge is 0.476 e. The third-order valence-electron chi connectivity index (χ3n) is 7.16. The number of rotatable bonds is 8. The van der Waals surface area contributed by atoms with Crippen LogP contribution in [-0.2, 0) is 18.8 Å². The molecule has 0 radical (unpaired) electrons. The van der Waals surface area contributed by atoms with Gasteiger partial charge in [0.1, 0.15) is 6.61 Å². The number of methoxy groups -OCH3 is 1. The van der Waals surface area contributed by atoms with Gasteiger partial charge in [0, 0.05) is 49.4 Å². The Hall–Kier alpha value is -3.31. The second-order valence-electron chi connectivity index (χ2n) is 10.3. The number of piperidine rings is 1. The van der Waals surface area contributed by atoms with Crippen LogP contribution >= 0.6 is 15.9 Å². The summed E-state index contributed by atoms with van der Waals surface area (Å²) in [5, 5.41) is 7.92. The molecule has 4 rings (SSSR count). The summed E-state index contributed by atoms with van der Waals surface area (Å²) in [7, 11) is 4.67. The van der Waals surface area contributed by atoms with Crippen LogP contribution in [-0.4, -0.2) is 63.6 Å². The van der Waals surface area contributed by atoms with E-state index in [1.165, 1.54) is 23.9 Å². The van der Waals surface area contributed by atoms with E-state index in [1.54, 1.807) is 25.0 Å². The van der Waals surface area contributed by atoms with Gasteiger partial charge in [-0.05, 0) is 51.0 Å². The number of likely N-dealkylation sites (tertiary alicyclic amines) is 1. The van der Waals surface area contributed by atoms with Crippen molar-refractivity contribution in [3.8, 4) is 17.0 Å². The van der Waals surface area contributed by atoms with Gasteiger partial charge < -0.3 is 25.1 Å². The van der Waals surface area contributed by atoms with Gasteiger partial charge >= 0.3 is 5.97 Å². The number of ether oxygens (including phenoxy) is 2. The topological polar surface area (TPSA) is 117 Å². The van der Waals surface area contributed by atoms with Crippen LogP contribution in [0.1, 0.15) is 37.0 Å². The molecule has 0 aliphatic carbocycles. The molecule has 1 saturated heterocycles. The Balaban J connectivity index is 1.48. The molecule has 3 heterocycles. The fourth-order valence-electron chi connectivity index (χ4n) is 4.84. The molecule has 204 valence electrons. The van der Waals surface area contributed by atoms with Crippen LogP contribution in [0.25, 0.3) is 11.1 Å². The van der Waals surface area contributed by atoms with Gasteiger partial charge in [-0.2, -0.15) is 5.10 Å². The molecule has 1 fully saturated rings. The molecule has 1 aliphatic rings. The number of esters is 1. The zero-order valence-corrected chi connectivity index (χ0v) is 24.0. The highest BCUT2D eigenvalue weighted by Gasteiger charge is 2.34. The SMILES string of the molecule is COC(=O)c1cc(-c2cnn(C)c2OCCN2CC(Nc3cc(Br)ccc3N)CCC2(C)C)c(=O)n(C)c1. The van der Waals surface area contributed by atoms with Gasteiger partial charge in [0.2, 0.25) is 5.88 Å². The molecule has 0 spiro atoms. The molecule has 1 aromatic carbocycles. The van der Waals surface area contributed by atoms with Crippen molar-refractivity contribution < 1.29 is 14.3 Å². The zero-order chi connectivity index (χ0) is 27.6. The quantitative estimate of drug-likeness (QED) is 0.303. The monoisotopic (exact) mass is 586 g/mol. The van der Waals surface area contributed by atoms with E-state index in [0.29, 0.717) is 30.2 Å². The van der Waals surface area contributed by atoms with Crippen LogP contribution in [0, 0.1) is 0 Å². The lowest BCUT2D eigenvalue weighted by atomic mass is 9.88. The summed E-state index contributed by atoms with van der Waals surface area (Å²) in [5.74, 6) is -0.0520. The number of halogens is 1. The van der Waals surface area contributed by atoms with Crippen molar-refractivity contribution in [2.75, 3.05) is 37.9 Å². The van der Waals surface area contributed by atoms with E-state index >= 15 is 0 Å². The van der Waals surface area contributed by atoms with Crippen molar-refractivity contribution in [1.82, 2.24) is 19.2 Å². The van der Waals surface area contributed by atoms with Crippen molar-refractivity contribution in [2.24, 2.45) is 14.1 Å². The fraction of sp³-hybridized carbons (Fsp3) is 0.444. The normalized spacial score (nSPS) is 17.3. The summed E-state index contributed by atoms with van der Waals surface area (Å²) >= 11 is 3.52. The number of carbonyl (C=O) groups is 1. The number of nitrogen functional groups attached to an aromatic ring is 1. The number of anilines is 2. The Morgan fingerprint density at radius 1 is 1.26 bits per heavy atom. The molecule has 38 heavy (non-hydrogen) atoms. The lowest BCUT2D eigenvalue weighted by molar-refractivity contribution is 0.0552. The highest BCUT2D eigenvalue weighted by molar-refractivity contribution is 9.10. The first-order chi connectivity index (χ1) is 18.0. The van der Waals surface area contributed by atoms with Crippen LogP contribution in [0.15, 0.2) is 45.9 Å². The standard InChI is InChI=1S/C27H35BrN6O4/c1-27(2)9-8-19(31-23-13-18(28)6-7-22(23)29)16-34(27)10-11-38-25-21(14-30-33(25)4)20-12-17(26(36)37-5)15-32(3)24(20)35/h6-7,12-15,19,31H,8-11,16,29H2,1-5H3. The average Bonchev–Trinajstić information content (AvgIpc) is 3.24. The number of hydrogen-bond donors (Lipinski definition) is 2. The van der Waals surface area contributed by atoms with Crippen LogP contribution < -0.4 is 21.3 Å². The first-order valence-electron chi connectivity index (χ1n) is 12.5. The van der Waals surface area contributed by atoms with E-state index < -0.39 is 5.97 Å². The molecule has 1 atom stereocenters. The summed E-state index contributed by atoms with van der Waals surface area (Å²) in [4.78, 5) is 27.5. The third kappa shape index (κ3) is 5.88. The summed E-state index contributed by atoms with van der Waals surface area (Å²) in [5.41, 5.74) is 8.71. The summed E-state index contributed by atoms with van der Waals surface area (Å²) in [6, 6.07) is 7.60. The van der Waals surface area contributed by atoms with Gasteiger partial charge in [-0.15, -0.1) is 0 Å². The van der Waals surface area contributed by atoms with Crippen molar-refractivity contribution in [3.63, 3.8) is 0 Å². The second kappa shape index (κ2) is 11.2. The molecule has 10 nitrogen and oxygen atoms in total. The van der Waals surface area contributed by atoms with Gasteiger partial charge in [0.15, 0.2) is 0 Å². The van der Waals surface area contributed by atoms with Gasteiger partial charge in [-0.1, -0.05) is 15.9 Å². The van der Waals surface area contributed by atoms with Crippen LogP contribution in [0.2, 0.25) is 0 Å². The Morgan fingerprint density at radius 2 is 2.03 bits per heavy atom. The van der Waals surface area contributed by atoms with E-state index in [2.05, 4.69) is 45.1 Å². The van der Waals surface area contributed by atoms with Gasteiger partial charge in [0.05, 0.1) is 41.4 Å². The molecule has 11 heteroatoms. The Labute approximate surface area is 230 Å². The van der Waals surface area contributed by atoms with Gasteiger partial charge in [-0.25, -0.2) is 9.48 Å². The maximum absolute atomic E-state index is 12.9. The number of nitrogens with two attached hydrogens (primary N) is 1. The predicted molar refractivity (Wildman–Crippen MR) is 152 cm³/mol. The Morgan fingerprint density at radius 3 is 2.76 bits per heavy atom. The predicted octanol–water partition coefficient (Wildman–Crippen LogP) is 3.65. The van der Waals surface area contributed by atoms with Gasteiger partial charge in [0.25, 0.3) is 5.56 Å². The molecule has 3 N–H and O–H groups in total. The van der Waals surface area contributed by atoms with Crippen LogP contribution in [0.5, 0.6) is 5.88 Å². The zero-order valence-electron chi connectivity index (χ0n) is 22.5. The average molecular weight is 588 g/mol.